The molecule has 0 aromatic rings. The molecule has 2 saturated heterocycles. The van der Waals surface area contributed by atoms with Crippen LogP contribution in [0.2, 0.25) is 0 Å². The Morgan fingerprint density at radius 2 is 1.12 bits per heavy atom. The van der Waals surface area contributed by atoms with E-state index >= 15 is 0 Å². The van der Waals surface area contributed by atoms with E-state index in [0.717, 1.165) is 102 Å². The number of carboxylic acid groups (broad SMARTS) is 1. The number of alkyl halides is 1. The van der Waals surface area contributed by atoms with Gasteiger partial charge in [-0.3, -0.25) is 19.2 Å². The van der Waals surface area contributed by atoms with Crippen LogP contribution < -0.4 is 21.3 Å². The van der Waals surface area contributed by atoms with Crippen molar-refractivity contribution in [1.82, 2.24) is 21.3 Å². The van der Waals surface area contributed by atoms with E-state index in [1.54, 1.807) is 0 Å². The number of fused-ring (bicyclic) bond motifs is 16. The van der Waals surface area contributed by atoms with E-state index in [1.807, 2.05) is 0 Å². The average molecular weight is 893 g/mol. The van der Waals surface area contributed by atoms with Crippen molar-refractivity contribution in [3.05, 3.63) is 0 Å². The van der Waals surface area contributed by atoms with Crippen LogP contribution in [0.5, 0.6) is 0 Å². The summed E-state index contributed by atoms with van der Waals surface area (Å²) in [6.07, 6.45) is 27.0. The van der Waals surface area contributed by atoms with Gasteiger partial charge in [-0.2, -0.15) is 0 Å². The maximum absolute atomic E-state index is 14.7. The van der Waals surface area contributed by atoms with Crippen molar-refractivity contribution in [1.29, 1.82) is 0 Å². The van der Waals surface area contributed by atoms with Crippen LogP contribution in [0.4, 0.5) is 4.39 Å². The summed E-state index contributed by atoms with van der Waals surface area (Å²) in [5, 5.41) is 22.1. The first-order chi connectivity index (χ1) is 31.1. The summed E-state index contributed by atoms with van der Waals surface area (Å²) in [6.45, 7) is -0.238. The number of hydrogen-bond acceptors (Lipinski definition) is 6. The monoisotopic (exact) mass is 893 g/mol. The second kappa shape index (κ2) is 24.5. The molecule has 11 nitrogen and oxygen atoms in total. The van der Waals surface area contributed by atoms with Gasteiger partial charge < -0.3 is 31.1 Å². The van der Waals surface area contributed by atoms with Crippen molar-refractivity contribution in [2.75, 3.05) is 6.61 Å². The van der Waals surface area contributed by atoms with Crippen LogP contribution in [-0.2, 0) is 28.7 Å². The molecule has 2 heterocycles. The number of amides is 4. The van der Waals surface area contributed by atoms with Crippen LogP contribution in [0.1, 0.15) is 193 Å². The Balaban J connectivity index is 1.11. The van der Waals surface area contributed by atoms with E-state index in [0.29, 0.717) is 75.0 Å². The quantitative estimate of drug-likeness (QED) is 0.121. The minimum absolute atomic E-state index is 0.0618. The highest BCUT2D eigenvalue weighted by atomic mass is 19.1. The van der Waals surface area contributed by atoms with Gasteiger partial charge in [0.15, 0.2) is 6.04 Å². The van der Waals surface area contributed by atoms with E-state index in [-0.39, 0.29) is 36.9 Å². The Bertz CT molecular complexity index is 1590. The lowest BCUT2D eigenvalue weighted by Crippen LogP contribution is -2.58. The molecule has 0 radical (unpaired) electrons. The summed E-state index contributed by atoms with van der Waals surface area (Å²) in [4.78, 5) is 69.6. The molecule has 8 aliphatic rings. The zero-order valence-electron chi connectivity index (χ0n) is 38.8. The van der Waals surface area contributed by atoms with E-state index in [9.17, 15) is 33.5 Å². The van der Waals surface area contributed by atoms with Gasteiger partial charge in [-0.05, 0) is 157 Å². The van der Waals surface area contributed by atoms with Gasteiger partial charge in [-0.25, -0.2) is 9.18 Å². The van der Waals surface area contributed by atoms with Crippen LogP contribution in [0.15, 0.2) is 0 Å². The summed E-state index contributed by atoms with van der Waals surface area (Å²) in [6, 6.07) is -4.24. The zero-order chi connectivity index (χ0) is 44.8. The molecule has 4 amide bonds. The number of ether oxygens (including phenoxy) is 1. The van der Waals surface area contributed by atoms with E-state index < -0.39 is 59.9 Å². The molecule has 2 aliphatic heterocycles. The molecular formula is C52H81FN4O7. The van der Waals surface area contributed by atoms with Gasteiger partial charge in [0.25, 0.3) is 5.91 Å². The summed E-state index contributed by atoms with van der Waals surface area (Å²) >= 11 is 0. The predicted molar refractivity (Wildman–Crippen MR) is 244 cm³/mol. The number of hydrogen-bond donors (Lipinski definition) is 5. The number of carbonyl (C=O) groups is 5. The van der Waals surface area contributed by atoms with Crippen molar-refractivity contribution in [3.63, 3.8) is 0 Å². The first-order valence-corrected chi connectivity index (χ1v) is 26.3. The molecule has 8 fully saturated rings. The highest BCUT2D eigenvalue weighted by Crippen LogP contribution is 2.42. The molecule has 6 aliphatic carbocycles. The van der Waals surface area contributed by atoms with Crippen molar-refractivity contribution in [2.24, 2.45) is 47.3 Å². The second-order valence-corrected chi connectivity index (χ2v) is 21.6. The smallest absolute Gasteiger partial charge is 0.326 e. The second-order valence-electron chi connectivity index (χ2n) is 21.6. The summed E-state index contributed by atoms with van der Waals surface area (Å²) in [5.74, 6) is 6.81. The lowest BCUT2D eigenvalue weighted by Gasteiger charge is -2.37. The number of carbonyl (C=O) groups excluding carboxylic acids is 4. The van der Waals surface area contributed by atoms with Crippen LogP contribution in [-0.4, -0.2) is 77.8 Å². The third-order valence-corrected chi connectivity index (χ3v) is 17.2. The molecule has 8 rings (SSSR count). The SMILES string of the molecule is O=C1COC2CCC(CC2)CC(C(=O)O)NC(=O)C(CCC2CCCCC2)NC(=O)C(CC2CCC(C3CCCCC3)CC2)NC(=O)C(C#CC2CCC(C3CCC(F)CC3)CC2)N1. The largest absolute Gasteiger partial charge is 0.480 e. The number of rotatable bonds is 8. The molecule has 12 heteroatoms. The lowest BCUT2D eigenvalue weighted by atomic mass is 9.70. The van der Waals surface area contributed by atoms with Gasteiger partial charge in [0.05, 0.1) is 6.10 Å². The third-order valence-electron chi connectivity index (χ3n) is 17.2. The van der Waals surface area contributed by atoms with Gasteiger partial charge in [0, 0.05) is 5.92 Å². The summed E-state index contributed by atoms with van der Waals surface area (Å²) < 4.78 is 20.0. The van der Waals surface area contributed by atoms with Crippen molar-refractivity contribution in [3.8, 4) is 11.8 Å². The molecule has 358 valence electrons. The van der Waals surface area contributed by atoms with Crippen LogP contribution in [0, 0.1) is 59.2 Å². The van der Waals surface area contributed by atoms with E-state index in [1.165, 1.54) is 38.5 Å². The Kier molecular flexibility index (Phi) is 18.7. The maximum atomic E-state index is 14.7. The topological polar surface area (TPSA) is 163 Å². The highest BCUT2D eigenvalue weighted by molar-refractivity contribution is 5.96. The molecule has 64 heavy (non-hydrogen) atoms. The molecule has 5 N–H and O–H groups in total. The molecule has 4 atom stereocenters. The van der Waals surface area contributed by atoms with Crippen molar-refractivity contribution < 1.29 is 38.2 Å². The van der Waals surface area contributed by atoms with Crippen LogP contribution in [0.25, 0.3) is 0 Å². The van der Waals surface area contributed by atoms with Crippen molar-refractivity contribution >= 4 is 29.6 Å². The number of aliphatic carboxylic acids is 1. The molecule has 2 bridgehead atoms. The molecular weight excluding hydrogens is 812 g/mol. The lowest BCUT2D eigenvalue weighted by molar-refractivity contribution is -0.143. The fourth-order valence-corrected chi connectivity index (χ4v) is 13.2. The van der Waals surface area contributed by atoms with Gasteiger partial charge in [0.2, 0.25) is 17.7 Å². The number of halogens is 1. The third kappa shape index (κ3) is 14.6. The highest BCUT2D eigenvalue weighted by Gasteiger charge is 2.37. The molecule has 0 aromatic carbocycles. The van der Waals surface area contributed by atoms with Crippen molar-refractivity contribution in [2.45, 2.75) is 229 Å². The Morgan fingerprint density at radius 1 is 0.562 bits per heavy atom. The van der Waals surface area contributed by atoms with Gasteiger partial charge in [-0.15, -0.1) is 0 Å². The Morgan fingerprint density at radius 3 is 1.77 bits per heavy atom. The fourth-order valence-electron chi connectivity index (χ4n) is 13.2. The van der Waals surface area contributed by atoms with E-state index in [2.05, 4.69) is 33.1 Å². The zero-order valence-corrected chi connectivity index (χ0v) is 38.8. The summed E-state index contributed by atoms with van der Waals surface area (Å²) in [5.41, 5.74) is 0. The Hall–Kier alpha value is -3.20. The van der Waals surface area contributed by atoms with Crippen LogP contribution >= 0.6 is 0 Å². The minimum atomic E-state index is -1.20. The molecule has 6 saturated carbocycles. The first kappa shape index (κ1) is 48.7. The standard InChI is InChI=1S/C52H81FN4O7/c53-42-25-23-41(24-26-42)40-19-11-35(12-20-40)18-29-44-49(59)56-46(31-36-13-21-39(22-14-36)38-9-5-2-6-10-38)51(61)55-45(30-17-34-7-3-1-4-8-34)50(60)57-47(52(62)63)32-37-15-27-43(28-16-37)64-33-48(58)54-44/h34-47H,1-17,19-28,30-33H2,(H,54,58)(H,55,61)(H,56,59)(H,57,60)(H,62,63). The normalized spacial score (nSPS) is 37.3. The maximum Gasteiger partial charge on any atom is 0.326 e. The van der Waals surface area contributed by atoms with E-state index in [4.69, 9.17) is 4.74 Å². The number of nitrogens with one attached hydrogen (secondary N) is 4. The Labute approximate surface area is 382 Å². The van der Waals surface area contributed by atoms with Gasteiger partial charge in [-0.1, -0.05) is 88.9 Å². The fraction of sp³-hybridized carbons (Fsp3) is 0.865. The first-order valence-electron chi connectivity index (χ1n) is 26.3. The van der Waals surface area contributed by atoms with Crippen LogP contribution in [0.3, 0.4) is 0 Å². The summed E-state index contributed by atoms with van der Waals surface area (Å²) in [7, 11) is 0. The molecule has 4 unspecified atom stereocenters. The molecule has 0 spiro atoms. The average Bonchev–Trinajstić information content (AvgIpc) is 3.31. The van der Waals surface area contributed by atoms with Gasteiger partial charge >= 0.3 is 5.97 Å². The minimum Gasteiger partial charge on any atom is -0.480 e. The molecule has 0 aromatic heterocycles. The van der Waals surface area contributed by atoms with Gasteiger partial charge in [0.1, 0.15) is 30.9 Å². The predicted octanol–water partition coefficient (Wildman–Crippen LogP) is 8.46. The number of carboxylic acids is 1.